The smallest absolute Gasteiger partial charge is 0.336 e. The zero-order chi connectivity index (χ0) is 30.1. The molecule has 4 rings (SSSR count). The van der Waals surface area contributed by atoms with Crippen LogP contribution >= 0.6 is 11.6 Å². The molecule has 2 atom stereocenters. The number of amides is 1. The number of methoxy groups -OCH3 is 1. The molecule has 220 valence electrons. The molecule has 4 N–H and O–H groups in total. The minimum atomic E-state index is -0.694. The number of nitrogens with one attached hydrogen (secondary N) is 3. The Labute approximate surface area is 251 Å². The van der Waals surface area contributed by atoms with Crippen LogP contribution in [0.15, 0.2) is 101 Å². The van der Waals surface area contributed by atoms with Crippen molar-refractivity contribution in [3.63, 3.8) is 0 Å². The molecular formula is C33H36ClN3O5. The second-order valence-corrected chi connectivity index (χ2v) is 10.5. The molecule has 9 heteroatoms. The first-order chi connectivity index (χ1) is 20.3. The Morgan fingerprint density at radius 1 is 0.929 bits per heavy atom. The van der Waals surface area contributed by atoms with Gasteiger partial charge in [-0.25, -0.2) is 4.79 Å². The van der Waals surface area contributed by atoms with Gasteiger partial charge in [0.25, 0.3) is 0 Å². The Balaban J connectivity index is 1.39. The largest absolute Gasteiger partial charge is 0.491 e. The number of hydrogen-bond acceptors (Lipinski definition) is 7. The minimum absolute atomic E-state index is 0.189. The third-order valence-electron chi connectivity index (χ3n) is 6.97. The van der Waals surface area contributed by atoms with Gasteiger partial charge in [0.05, 0.1) is 18.6 Å². The monoisotopic (exact) mass is 589 g/mol. The fraction of sp³-hybridized carbons (Fsp3) is 0.273. The van der Waals surface area contributed by atoms with Gasteiger partial charge in [-0.15, -0.1) is 0 Å². The number of aliphatic hydroxyl groups excluding tert-OH is 1. The van der Waals surface area contributed by atoms with Crippen molar-refractivity contribution in [2.24, 2.45) is 0 Å². The molecule has 0 saturated carbocycles. The summed E-state index contributed by atoms with van der Waals surface area (Å²) in [6.45, 7) is 4.97. The third kappa shape index (κ3) is 7.79. The molecule has 3 aromatic rings. The quantitative estimate of drug-likeness (QED) is 0.229. The molecule has 0 radical (unpaired) electrons. The number of allylic oxidation sites excluding steroid dienone is 2. The second kappa shape index (κ2) is 14.7. The lowest BCUT2D eigenvalue weighted by molar-refractivity contribution is -0.136. The molecule has 8 nitrogen and oxygen atoms in total. The van der Waals surface area contributed by atoms with Crippen LogP contribution in [-0.2, 0) is 27.4 Å². The fourth-order valence-electron chi connectivity index (χ4n) is 4.97. The third-order valence-corrected chi connectivity index (χ3v) is 7.31. The molecule has 0 saturated heterocycles. The average molecular weight is 590 g/mol. The summed E-state index contributed by atoms with van der Waals surface area (Å²) in [7, 11) is 1.32. The number of aliphatic hydroxyl groups is 1. The van der Waals surface area contributed by atoms with Gasteiger partial charge < -0.3 is 30.5 Å². The van der Waals surface area contributed by atoms with Crippen LogP contribution in [0.4, 0.5) is 0 Å². The van der Waals surface area contributed by atoms with E-state index in [1.54, 1.807) is 19.1 Å². The molecule has 1 aliphatic rings. The van der Waals surface area contributed by atoms with E-state index >= 15 is 0 Å². The van der Waals surface area contributed by atoms with Crippen molar-refractivity contribution in [2.45, 2.75) is 39.0 Å². The molecule has 0 spiro atoms. The number of carbonyl (C=O) groups excluding carboxylic acids is 2. The van der Waals surface area contributed by atoms with E-state index in [9.17, 15) is 14.7 Å². The van der Waals surface area contributed by atoms with E-state index in [0.717, 1.165) is 11.1 Å². The number of hydrogen-bond donors (Lipinski definition) is 4. The van der Waals surface area contributed by atoms with Crippen molar-refractivity contribution in [2.75, 3.05) is 20.3 Å². The number of para-hydroxylation sites is 1. The predicted octanol–water partition coefficient (Wildman–Crippen LogP) is 4.59. The predicted molar refractivity (Wildman–Crippen MR) is 163 cm³/mol. The Kier molecular flexibility index (Phi) is 10.8. The highest BCUT2D eigenvalue weighted by molar-refractivity contribution is 6.31. The van der Waals surface area contributed by atoms with Gasteiger partial charge in [-0.1, -0.05) is 72.3 Å². The summed E-state index contributed by atoms with van der Waals surface area (Å²) in [5, 5.41) is 20.1. The Morgan fingerprint density at radius 2 is 1.60 bits per heavy atom. The molecule has 0 bridgehead atoms. The van der Waals surface area contributed by atoms with E-state index in [1.165, 1.54) is 7.11 Å². The summed E-state index contributed by atoms with van der Waals surface area (Å²) in [6.07, 6.45) is -0.660. The van der Waals surface area contributed by atoms with Crippen LogP contribution in [0.2, 0.25) is 5.02 Å². The van der Waals surface area contributed by atoms with E-state index in [4.69, 9.17) is 21.1 Å². The first kappa shape index (κ1) is 30.8. The molecule has 2 unspecified atom stereocenters. The van der Waals surface area contributed by atoms with Gasteiger partial charge in [-0.05, 0) is 48.7 Å². The van der Waals surface area contributed by atoms with Crippen LogP contribution in [0.1, 0.15) is 36.5 Å². The number of halogens is 1. The molecule has 42 heavy (non-hydrogen) atoms. The SMILES string of the molecule is COC(=O)C1=C(C)NC(C)=C(C(=O)NCc2cccc(CNCC(O)COc3ccccc3)c2)C1c1ccccc1Cl. The lowest BCUT2D eigenvalue weighted by Gasteiger charge is -2.31. The maximum atomic E-state index is 13.7. The van der Waals surface area contributed by atoms with Crippen LogP contribution < -0.4 is 20.7 Å². The van der Waals surface area contributed by atoms with Gasteiger partial charge in [0, 0.05) is 41.6 Å². The highest BCUT2D eigenvalue weighted by Crippen LogP contribution is 2.41. The van der Waals surface area contributed by atoms with Crippen LogP contribution in [0.5, 0.6) is 5.75 Å². The highest BCUT2D eigenvalue weighted by Gasteiger charge is 2.37. The van der Waals surface area contributed by atoms with Crippen LogP contribution in [0, 0.1) is 0 Å². The topological polar surface area (TPSA) is 109 Å². The van der Waals surface area contributed by atoms with Crippen molar-refractivity contribution in [1.82, 2.24) is 16.0 Å². The average Bonchev–Trinajstić information content (AvgIpc) is 2.99. The minimum Gasteiger partial charge on any atom is -0.491 e. The van der Waals surface area contributed by atoms with Gasteiger partial charge >= 0.3 is 5.97 Å². The number of esters is 1. The van der Waals surface area contributed by atoms with Crippen molar-refractivity contribution in [3.8, 4) is 5.75 Å². The molecule has 1 aliphatic heterocycles. The second-order valence-electron chi connectivity index (χ2n) is 10.1. The number of dihydropyridines is 1. The molecule has 1 heterocycles. The van der Waals surface area contributed by atoms with E-state index in [1.807, 2.05) is 73.7 Å². The Bertz CT molecular complexity index is 1470. The summed E-state index contributed by atoms with van der Waals surface area (Å²) in [5.41, 5.74) is 4.55. The summed E-state index contributed by atoms with van der Waals surface area (Å²) in [6, 6.07) is 24.4. The Morgan fingerprint density at radius 3 is 2.31 bits per heavy atom. The fourth-order valence-corrected chi connectivity index (χ4v) is 5.22. The van der Waals surface area contributed by atoms with E-state index in [0.29, 0.717) is 52.0 Å². The Hall–Kier alpha value is -4.11. The molecule has 0 fully saturated rings. The van der Waals surface area contributed by atoms with Gasteiger partial charge in [0.2, 0.25) is 5.91 Å². The standard InChI is InChI=1S/C33H36ClN3O5/c1-21-29(31(27-14-7-8-15-28(27)34)30(22(2)37-21)33(40)41-3)32(39)36-18-24-11-9-10-23(16-24)17-35-19-25(38)20-42-26-12-5-4-6-13-26/h4-16,25,31,35,37-38H,17-20H2,1-3H3,(H,36,39). The zero-order valence-electron chi connectivity index (χ0n) is 23.9. The number of benzene rings is 3. The summed E-state index contributed by atoms with van der Waals surface area (Å²) in [5.74, 6) is -0.823. The van der Waals surface area contributed by atoms with Gasteiger partial charge in [0.15, 0.2) is 0 Å². The van der Waals surface area contributed by atoms with Crippen molar-refractivity contribution in [3.05, 3.63) is 123 Å². The van der Waals surface area contributed by atoms with Gasteiger partial charge in [-0.3, -0.25) is 4.79 Å². The molecule has 1 amide bonds. The lowest BCUT2D eigenvalue weighted by Crippen LogP contribution is -2.36. The maximum absolute atomic E-state index is 13.7. The first-order valence-corrected chi connectivity index (χ1v) is 14.1. The summed E-state index contributed by atoms with van der Waals surface area (Å²) in [4.78, 5) is 26.5. The van der Waals surface area contributed by atoms with Crippen LogP contribution in [-0.4, -0.2) is 43.3 Å². The number of carbonyl (C=O) groups is 2. The lowest BCUT2D eigenvalue weighted by atomic mass is 9.80. The van der Waals surface area contributed by atoms with Crippen molar-refractivity contribution in [1.29, 1.82) is 0 Å². The highest BCUT2D eigenvalue weighted by atomic mass is 35.5. The van der Waals surface area contributed by atoms with Gasteiger partial charge in [-0.2, -0.15) is 0 Å². The zero-order valence-corrected chi connectivity index (χ0v) is 24.7. The molecular weight excluding hydrogens is 554 g/mol. The van der Waals surface area contributed by atoms with Crippen LogP contribution in [0.25, 0.3) is 0 Å². The van der Waals surface area contributed by atoms with Crippen molar-refractivity contribution < 1.29 is 24.2 Å². The van der Waals surface area contributed by atoms with Crippen LogP contribution in [0.3, 0.4) is 0 Å². The van der Waals surface area contributed by atoms with E-state index in [-0.39, 0.29) is 19.1 Å². The van der Waals surface area contributed by atoms with Gasteiger partial charge in [0.1, 0.15) is 18.5 Å². The molecule has 0 aromatic heterocycles. The van der Waals surface area contributed by atoms with E-state index < -0.39 is 18.0 Å². The molecule has 0 aliphatic carbocycles. The number of ether oxygens (including phenoxy) is 2. The maximum Gasteiger partial charge on any atom is 0.336 e. The van der Waals surface area contributed by atoms with Crippen molar-refractivity contribution >= 4 is 23.5 Å². The number of rotatable bonds is 12. The first-order valence-electron chi connectivity index (χ1n) is 13.7. The van der Waals surface area contributed by atoms with E-state index in [2.05, 4.69) is 16.0 Å². The normalized spacial score (nSPS) is 15.6. The molecule has 3 aromatic carbocycles. The summed E-state index contributed by atoms with van der Waals surface area (Å²) >= 11 is 6.56. The summed E-state index contributed by atoms with van der Waals surface area (Å²) < 4.78 is 10.7.